The quantitative estimate of drug-likeness (QED) is 0.518. The van der Waals surface area contributed by atoms with Gasteiger partial charge in [-0.2, -0.15) is 4.31 Å². The van der Waals surface area contributed by atoms with Crippen LogP contribution in [0.3, 0.4) is 0 Å². The monoisotopic (exact) mass is 475 g/mol. The molecule has 8 nitrogen and oxygen atoms in total. The van der Waals surface area contributed by atoms with Gasteiger partial charge in [0.1, 0.15) is 22.1 Å². The van der Waals surface area contributed by atoms with Gasteiger partial charge in [-0.3, -0.25) is 0 Å². The average Bonchev–Trinajstić information content (AvgIpc) is 3.34. The molecule has 1 aliphatic heterocycles. The molecule has 32 heavy (non-hydrogen) atoms. The van der Waals surface area contributed by atoms with Crippen molar-refractivity contribution in [2.45, 2.75) is 4.90 Å². The van der Waals surface area contributed by atoms with Gasteiger partial charge in [0.15, 0.2) is 5.13 Å². The summed E-state index contributed by atoms with van der Waals surface area (Å²) < 4.78 is 43.7. The maximum atomic E-state index is 13.2. The first-order valence-electron chi connectivity index (χ1n) is 10.0. The van der Waals surface area contributed by atoms with E-state index in [1.54, 1.807) is 30.6 Å². The lowest BCUT2D eigenvalue weighted by molar-refractivity contribution is 0.370. The maximum Gasteiger partial charge on any atom is 0.246 e. The normalized spacial score (nSPS) is 14.9. The first-order chi connectivity index (χ1) is 15.5. The minimum absolute atomic E-state index is 0.142. The summed E-state index contributed by atoms with van der Waals surface area (Å²) in [4.78, 5) is 7.02. The lowest BCUT2D eigenvalue weighted by Gasteiger charge is -2.34. The van der Waals surface area contributed by atoms with E-state index in [1.165, 1.54) is 24.6 Å². The van der Waals surface area contributed by atoms with Crippen molar-refractivity contribution in [3.05, 3.63) is 47.8 Å². The van der Waals surface area contributed by atoms with Crippen LogP contribution in [0.5, 0.6) is 17.2 Å². The predicted octanol–water partition coefficient (Wildman–Crippen LogP) is 3.35. The number of benzene rings is 2. The number of nitrogens with zero attached hydrogens (tertiary/aromatic N) is 3. The fourth-order valence-electron chi connectivity index (χ4n) is 3.57. The molecule has 0 bridgehead atoms. The Balaban J connectivity index is 1.47. The standard InChI is InChI=1S/C22H25N3O5S2/c1-28-17-6-4-5-16(13-17)19-15-31-22(23-19)24-9-11-25(12-10-24)32(26,27)21-8-7-18(29-2)14-20(21)30-3/h4-8,13-15H,9-12H2,1-3H3. The fraction of sp³-hybridized carbons (Fsp3) is 0.318. The Hall–Kier alpha value is -2.82. The van der Waals surface area contributed by atoms with Crippen LogP contribution in [0.1, 0.15) is 0 Å². The van der Waals surface area contributed by atoms with Crippen molar-refractivity contribution < 1.29 is 22.6 Å². The molecule has 0 radical (unpaired) electrons. The molecule has 1 aromatic heterocycles. The zero-order chi connectivity index (χ0) is 22.7. The molecule has 0 saturated carbocycles. The van der Waals surface area contributed by atoms with Crippen molar-refractivity contribution in [1.29, 1.82) is 0 Å². The van der Waals surface area contributed by atoms with E-state index in [1.807, 2.05) is 29.6 Å². The molecule has 2 aromatic carbocycles. The fourth-order valence-corrected chi connectivity index (χ4v) is 6.02. The number of piperazine rings is 1. The number of sulfonamides is 1. The van der Waals surface area contributed by atoms with Gasteiger partial charge in [0, 0.05) is 43.2 Å². The highest BCUT2D eigenvalue weighted by Gasteiger charge is 2.31. The van der Waals surface area contributed by atoms with E-state index in [0.717, 1.165) is 22.1 Å². The van der Waals surface area contributed by atoms with Gasteiger partial charge in [0.25, 0.3) is 0 Å². The summed E-state index contributed by atoms with van der Waals surface area (Å²) in [6.45, 7) is 1.85. The molecule has 0 N–H and O–H groups in total. The van der Waals surface area contributed by atoms with Crippen LogP contribution in [0, 0.1) is 0 Å². The summed E-state index contributed by atoms with van der Waals surface area (Å²) >= 11 is 1.55. The van der Waals surface area contributed by atoms with E-state index in [0.29, 0.717) is 31.9 Å². The maximum absolute atomic E-state index is 13.2. The van der Waals surface area contributed by atoms with E-state index in [9.17, 15) is 8.42 Å². The molecule has 0 aliphatic carbocycles. The van der Waals surface area contributed by atoms with Crippen molar-refractivity contribution >= 4 is 26.5 Å². The van der Waals surface area contributed by atoms with E-state index >= 15 is 0 Å². The van der Waals surface area contributed by atoms with Crippen LogP contribution in [-0.4, -0.2) is 65.2 Å². The SMILES string of the molecule is COc1cccc(-c2csc(N3CCN(S(=O)(=O)c4ccc(OC)cc4OC)CC3)n2)c1. The van der Waals surface area contributed by atoms with Crippen molar-refractivity contribution in [1.82, 2.24) is 9.29 Å². The molecular formula is C22H25N3O5S2. The van der Waals surface area contributed by atoms with Crippen LogP contribution < -0.4 is 19.1 Å². The molecule has 0 unspecified atom stereocenters. The number of rotatable bonds is 7. The number of anilines is 1. The molecular weight excluding hydrogens is 450 g/mol. The van der Waals surface area contributed by atoms with Gasteiger partial charge in [-0.15, -0.1) is 11.3 Å². The van der Waals surface area contributed by atoms with Gasteiger partial charge in [0.05, 0.1) is 27.0 Å². The average molecular weight is 476 g/mol. The number of hydrogen-bond acceptors (Lipinski definition) is 8. The first-order valence-corrected chi connectivity index (χ1v) is 12.4. The highest BCUT2D eigenvalue weighted by atomic mass is 32.2. The zero-order valence-corrected chi connectivity index (χ0v) is 19.8. The minimum atomic E-state index is -3.69. The summed E-state index contributed by atoms with van der Waals surface area (Å²) in [5, 5.41) is 2.89. The van der Waals surface area contributed by atoms with Crippen molar-refractivity contribution in [2.75, 3.05) is 52.4 Å². The molecule has 2 heterocycles. The predicted molar refractivity (Wildman–Crippen MR) is 125 cm³/mol. The Morgan fingerprint density at radius 2 is 1.62 bits per heavy atom. The van der Waals surface area contributed by atoms with Crippen LogP contribution in [0.2, 0.25) is 0 Å². The van der Waals surface area contributed by atoms with E-state index in [-0.39, 0.29) is 10.6 Å². The highest BCUT2D eigenvalue weighted by Crippen LogP contribution is 2.33. The molecule has 0 amide bonds. The third kappa shape index (κ3) is 4.38. The van der Waals surface area contributed by atoms with E-state index in [2.05, 4.69) is 4.90 Å². The zero-order valence-electron chi connectivity index (χ0n) is 18.1. The van der Waals surface area contributed by atoms with Crippen LogP contribution in [0.4, 0.5) is 5.13 Å². The second-order valence-electron chi connectivity index (χ2n) is 7.16. The molecule has 170 valence electrons. The molecule has 10 heteroatoms. The van der Waals surface area contributed by atoms with Crippen molar-refractivity contribution in [3.63, 3.8) is 0 Å². The Morgan fingerprint density at radius 1 is 0.906 bits per heavy atom. The molecule has 3 aromatic rings. The van der Waals surface area contributed by atoms with Gasteiger partial charge < -0.3 is 19.1 Å². The summed E-state index contributed by atoms with van der Waals surface area (Å²) in [6.07, 6.45) is 0. The van der Waals surface area contributed by atoms with Crippen molar-refractivity contribution in [3.8, 4) is 28.5 Å². The number of methoxy groups -OCH3 is 3. The summed E-state index contributed by atoms with van der Waals surface area (Å²) in [7, 11) is 0.935. The molecule has 1 aliphatic rings. The van der Waals surface area contributed by atoms with Crippen molar-refractivity contribution in [2.24, 2.45) is 0 Å². The van der Waals surface area contributed by atoms with Gasteiger partial charge in [0.2, 0.25) is 10.0 Å². The number of hydrogen-bond donors (Lipinski definition) is 0. The lowest BCUT2D eigenvalue weighted by atomic mass is 10.2. The molecule has 4 rings (SSSR count). The summed E-state index contributed by atoms with van der Waals surface area (Å²) in [5.41, 5.74) is 1.86. The van der Waals surface area contributed by atoms with Gasteiger partial charge >= 0.3 is 0 Å². The minimum Gasteiger partial charge on any atom is -0.497 e. The number of ether oxygens (including phenoxy) is 3. The Morgan fingerprint density at radius 3 is 2.31 bits per heavy atom. The highest BCUT2D eigenvalue weighted by molar-refractivity contribution is 7.89. The largest absolute Gasteiger partial charge is 0.497 e. The van der Waals surface area contributed by atoms with E-state index in [4.69, 9.17) is 19.2 Å². The summed E-state index contributed by atoms with van der Waals surface area (Å²) in [5.74, 6) is 1.60. The summed E-state index contributed by atoms with van der Waals surface area (Å²) in [6, 6.07) is 12.5. The Labute approximate surface area is 192 Å². The molecule has 1 saturated heterocycles. The van der Waals surface area contributed by atoms with Gasteiger partial charge in [-0.1, -0.05) is 12.1 Å². The first kappa shape index (κ1) is 22.4. The number of aromatic nitrogens is 1. The second kappa shape index (κ2) is 9.35. The third-order valence-electron chi connectivity index (χ3n) is 5.36. The number of thiazole rings is 1. The Kier molecular flexibility index (Phi) is 6.54. The lowest BCUT2D eigenvalue weighted by Crippen LogP contribution is -2.48. The smallest absolute Gasteiger partial charge is 0.246 e. The molecule has 0 spiro atoms. The molecule has 0 atom stereocenters. The van der Waals surface area contributed by atoms with Crippen LogP contribution >= 0.6 is 11.3 Å². The van der Waals surface area contributed by atoms with Gasteiger partial charge in [-0.25, -0.2) is 13.4 Å². The second-order valence-corrected chi connectivity index (χ2v) is 9.90. The third-order valence-corrected chi connectivity index (χ3v) is 8.19. The molecule has 1 fully saturated rings. The topological polar surface area (TPSA) is 81.2 Å². The Bertz CT molecular complexity index is 1190. The van der Waals surface area contributed by atoms with Crippen LogP contribution in [-0.2, 0) is 10.0 Å². The van der Waals surface area contributed by atoms with E-state index < -0.39 is 10.0 Å². The van der Waals surface area contributed by atoms with Gasteiger partial charge in [-0.05, 0) is 24.3 Å². The van der Waals surface area contributed by atoms with Crippen LogP contribution in [0.15, 0.2) is 52.7 Å². The van der Waals surface area contributed by atoms with Crippen LogP contribution in [0.25, 0.3) is 11.3 Å².